The number of rotatable bonds is 2. The lowest BCUT2D eigenvalue weighted by Gasteiger charge is -2.16. The number of methoxy groups -OCH3 is 2. The van der Waals surface area contributed by atoms with Gasteiger partial charge in [-0.15, -0.1) is 0 Å². The molecule has 0 bridgehead atoms. The fourth-order valence-corrected chi connectivity index (χ4v) is 1.99. The summed E-state index contributed by atoms with van der Waals surface area (Å²) in [4.78, 5) is 0. The molecule has 100 valence electrons. The van der Waals surface area contributed by atoms with Crippen molar-refractivity contribution in [3.8, 4) is 11.5 Å². The maximum Gasteiger partial charge on any atom is 0.162 e. The van der Waals surface area contributed by atoms with Gasteiger partial charge < -0.3 is 15.2 Å². The van der Waals surface area contributed by atoms with Crippen molar-refractivity contribution >= 4 is 5.69 Å². The molecule has 0 aliphatic heterocycles. The van der Waals surface area contributed by atoms with Crippen molar-refractivity contribution in [1.29, 1.82) is 0 Å². The largest absolute Gasteiger partial charge is 0.493 e. The predicted molar refractivity (Wildman–Crippen MR) is 77.8 cm³/mol. The quantitative estimate of drug-likeness (QED) is 0.841. The van der Waals surface area contributed by atoms with E-state index in [2.05, 4.69) is 24.3 Å². The number of aryl methyl sites for hydroxylation is 2. The Morgan fingerprint density at radius 2 is 1.42 bits per heavy atom. The highest BCUT2D eigenvalue weighted by atomic mass is 16.5. The molecule has 3 rings (SSSR count). The molecule has 0 atom stereocenters. The van der Waals surface area contributed by atoms with Crippen LogP contribution in [0.3, 0.4) is 0 Å². The van der Waals surface area contributed by atoms with Crippen molar-refractivity contribution in [2.24, 2.45) is 0 Å². The average molecular weight is 257 g/mol. The molecule has 1 aliphatic rings. The van der Waals surface area contributed by atoms with Gasteiger partial charge >= 0.3 is 0 Å². The molecule has 0 fully saturated rings. The molecule has 3 nitrogen and oxygen atoms in total. The van der Waals surface area contributed by atoms with E-state index in [9.17, 15) is 0 Å². The molecule has 2 aromatic rings. The Bertz CT molecular complexity index is 529. The van der Waals surface area contributed by atoms with Gasteiger partial charge in [0, 0.05) is 11.8 Å². The Hall–Kier alpha value is -2.16. The van der Waals surface area contributed by atoms with E-state index < -0.39 is 0 Å². The number of nitrogens with two attached hydrogens (primary N) is 1. The number of hydrogen-bond donors (Lipinski definition) is 1. The Morgan fingerprint density at radius 3 is 1.84 bits per heavy atom. The van der Waals surface area contributed by atoms with Crippen LogP contribution in [0.5, 0.6) is 11.5 Å². The topological polar surface area (TPSA) is 44.5 Å². The summed E-state index contributed by atoms with van der Waals surface area (Å²) in [5, 5.41) is 0. The first-order valence-electron chi connectivity index (χ1n) is 6.29. The van der Waals surface area contributed by atoms with Gasteiger partial charge in [0.15, 0.2) is 11.5 Å². The molecule has 3 heteroatoms. The van der Waals surface area contributed by atoms with Gasteiger partial charge in [-0.25, -0.2) is 0 Å². The molecule has 1 aliphatic carbocycles. The van der Waals surface area contributed by atoms with Crippen molar-refractivity contribution in [3.05, 3.63) is 53.6 Å². The standard InChI is InChI=1S/C8H11NO2.C8H8/c1-10-7-4-3-6(9)5-8(7)11-2;1-2-4-8-6-5-7(8)3-1/h3-5H,9H2,1-2H3;1-4H,5-6H2. The van der Waals surface area contributed by atoms with Gasteiger partial charge in [-0.1, -0.05) is 24.3 Å². The van der Waals surface area contributed by atoms with E-state index in [0.717, 1.165) is 0 Å². The first kappa shape index (κ1) is 13.3. The van der Waals surface area contributed by atoms with Gasteiger partial charge in [-0.2, -0.15) is 0 Å². The van der Waals surface area contributed by atoms with Crippen molar-refractivity contribution < 1.29 is 9.47 Å². The van der Waals surface area contributed by atoms with E-state index in [1.807, 2.05) is 0 Å². The third-order valence-electron chi connectivity index (χ3n) is 3.19. The van der Waals surface area contributed by atoms with Crippen LogP contribution in [0.2, 0.25) is 0 Å². The van der Waals surface area contributed by atoms with Crippen molar-refractivity contribution in [3.63, 3.8) is 0 Å². The molecule has 0 saturated heterocycles. The lowest BCUT2D eigenvalue weighted by Crippen LogP contribution is -2.06. The average Bonchev–Trinajstić information content (AvgIpc) is 2.41. The number of benzene rings is 2. The molecule has 0 heterocycles. The second kappa shape index (κ2) is 6.14. The first-order chi connectivity index (χ1) is 9.24. The summed E-state index contributed by atoms with van der Waals surface area (Å²) in [5.74, 6) is 1.36. The normalized spacial score (nSPS) is 11.5. The Morgan fingerprint density at radius 1 is 0.842 bits per heavy atom. The summed E-state index contributed by atoms with van der Waals surface area (Å²) in [6.45, 7) is 0. The fourth-order valence-electron chi connectivity index (χ4n) is 1.99. The fraction of sp³-hybridized carbons (Fsp3) is 0.250. The van der Waals surface area contributed by atoms with Crippen LogP contribution < -0.4 is 15.2 Å². The lowest BCUT2D eigenvalue weighted by molar-refractivity contribution is 0.355. The molecular weight excluding hydrogens is 238 g/mol. The van der Waals surface area contributed by atoms with Crippen molar-refractivity contribution in [2.75, 3.05) is 20.0 Å². The van der Waals surface area contributed by atoms with Gasteiger partial charge in [0.1, 0.15) is 0 Å². The predicted octanol–water partition coefficient (Wildman–Crippen LogP) is 3.07. The maximum absolute atomic E-state index is 5.52. The zero-order valence-corrected chi connectivity index (χ0v) is 11.3. The van der Waals surface area contributed by atoms with Gasteiger partial charge in [-0.05, 0) is 36.1 Å². The molecule has 2 N–H and O–H groups in total. The molecule has 0 saturated carbocycles. The van der Waals surface area contributed by atoms with Gasteiger partial charge in [-0.3, -0.25) is 0 Å². The third kappa shape index (κ3) is 3.19. The molecule has 0 amide bonds. The lowest BCUT2D eigenvalue weighted by atomic mass is 9.89. The number of anilines is 1. The molecular formula is C16H19NO2. The summed E-state index contributed by atoms with van der Waals surface area (Å²) < 4.78 is 10.0. The highest BCUT2D eigenvalue weighted by molar-refractivity contribution is 5.51. The minimum atomic E-state index is 0.660. The smallest absolute Gasteiger partial charge is 0.162 e. The van der Waals surface area contributed by atoms with E-state index in [0.29, 0.717) is 17.2 Å². The number of nitrogen functional groups attached to an aromatic ring is 1. The highest BCUT2D eigenvalue weighted by Gasteiger charge is 2.09. The van der Waals surface area contributed by atoms with Crippen molar-refractivity contribution in [2.45, 2.75) is 12.8 Å². The number of fused-ring (bicyclic) bond motifs is 1. The molecule has 0 spiro atoms. The van der Waals surface area contributed by atoms with Crippen LogP contribution in [-0.2, 0) is 12.8 Å². The summed E-state index contributed by atoms with van der Waals surface area (Å²) in [7, 11) is 3.17. The SMILES string of the molecule is COc1ccc(N)cc1OC.c1ccc2c(c1)CC2. The van der Waals surface area contributed by atoms with Gasteiger partial charge in [0.05, 0.1) is 14.2 Å². The summed E-state index contributed by atoms with van der Waals surface area (Å²) >= 11 is 0. The second-order valence-electron chi connectivity index (χ2n) is 4.38. The minimum absolute atomic E-state index is 0.660. The van der Waals surface area contributed by atoms with Crippen LogP contribution >= 0.6 is 0 Å². The van der Waals surface area contributed by atoms with Crippen LogP contribution in [-0.4, -0.2) is 14.2 Å². The second-order valence-corrected chi connectivity index (χ2v) is 4.38. The number of ether oxygens (including phenoxy) is 2. The van der Waals surface area contributed by atoms with E-state index in [1.165, 1.54) is 12.8 Å². The molecule has 19 heavy (non-hydrogen) atoms. The summed E-state index contributed by atoms with van der Waals surface area (Å²) in [6, 6.07) is 13.9. The van der Waals surface area contributed by atoms with E-state index in [4.69, 9.17) is 15.2 Å². The van der Waals surface area contributed by atoms with Crippen LogP contribution in [0, 0.1) is 0 Å². The maximum atomic E-state index is 5.52. The van der Waals surface area contributed by atoms with E-state index in [-0.39, 0.29) is 0 Å². The van der Waals surface area contributed by atoms with Crippen molar-refractivity contribution in [1.82, 2.24) is 0 Å². The van der Waals surface area contributed by atoms with E-state index in [1.54, 1.807) is 43.5 Å². The molecule has 0 aromatic heterocycles. The third-order valence-corrected chi connectivity index (χ3v) is 3.19. The zero-order valence-electron chi connectivity index (χ0n) is 11.3. The Balaban J connectivity index is 0.000000146. The summed E-state index contributed by atoms with van der Waals surface area (Å²) in [5.41, 5.74) is 9.29. The molecule has 2 aromatic carbocycles. The Kier molecular flexibility index (Phi) is 4.29. The zero-order chi connectivity index (χ0) is 13.7. The molecule has 0 unspecified atom stereocenters. The summed E-state index contributed by atoms with van der Waals surface area (Å²) in [6.07, 6.45) is 2.60. The monoisotopic (exact) mass is 257 g/mol. The Labute approximate surface area is 114 Å². The first-order valence-corrected chi connectivity index (χ1v) is 6.29. The van der Waals surface area contributed by atoms with Crippen LogP contribution in [0.1, 0.15) is 11.1 Å². The molecule has 0 radical (unpaired) electrons. The van der Waals surface area contributed by atoms with Crippen LogP contribution in [0.25, 0.3) is 0 Å². The number of hydrogen-bond acceptors (Lipinski definition) is 3. The van der Waals surface area contributed by atoms with E-state index >= 15 is 0 Å². The van der Waals surface area contributed by atoms with Gasteiger partial charge in [0.2, 0.25) is 0 Å². The minimum Gasteiger partial charge on any atom is -0.493 e. The van der Waals surface area contributed by atoms with Crippen LogP contribution in [0.15, 0.2) is 42.5 Å². The van der Waals surface area contributed by atoms with Crippen LogP contribution in [0.4, 0.5) is 5.69 Å². The highest BCUT2D eigenvalue weighted by Crippen LogP contribution is 2.28. The van der Waals surface area contributed by atoms with Gasteiger partial charge in [0.25, 0.3) is 0 Å².